The first-order valence-electron chi connectivity index (χ1n) is 10.0. The molecule has 2 aromatic rings. The Balaban J connectivity index is 2.29. The highest BCUT2D eigenvalue weighted by Gasteiger charge is 2.48. The molecule has 0 bridgehead atoms. The molecule has 0 fully saturated rings. The van der Waals surface area contributed by atoms with Crippen LogP contribution in [0.4, 0.5) is 0 Å². The Morgan fingerprint density at radius 1 is 1.14 bits per heavy atom. The normalized spacial score (nSPS) is 26.3. The molecule has 2 aromatic carbocycles. The summed E-state index contributed by atoms with van der Waals surface area (Å²) < 4.78 is 32.2. The molecule has 1 aliphatic heterocycles. The van der Waals surface area contributed by atoms with Crippen LogP contribution in [0, 0.1) is 5.41 Å². The van der Waals surface area contributed by atoms with Gasteiger partial charge in [0.2, 0.25) is 0 Å². The number of sulfone groups is 1. The third kappa shape index (κ3) is 3.70. The minimum absolute atomic E-state index is 0.0275. The molecule has 1 N–H and O–H groups in total. The van der Waals surface area contributed by atoms with Crippen molar-refractivity contribution in [3.8, 4) is 5.75 Å². The molecule has 152 valence electrons. The van der Waals surface area contributed by atoms with Crippen molar-refractivity contribution in [2.45, 2.75) is 56.4 Å². The molecule has 4 nitrogen and oxygen atoms in total. The molecule has 0 saturated heterocycles. The second kappa shape index (κ2) is 8.26. The largest absolute Gasteiger partial charge is 0.497 e. The van der Waals surface area contributed by atoms with Crippen LogP contribution in [0.15, 0.2) is 53.4 Å². The van der Waals surface area contributed by atoms with Gasteiger partial charge in [-0.25, -0.2) is 8.42 Å². The molecule has 0 saturated carbocycles. The smallest absolute Gasteiger partial charge is 0.179 e. The summed E-state index contributed by atoms with van der Waals surface area (Å²) in [5, 5.41) is 11.7. The Morgan fingerprint density at radius 2 is 1.86 bits per heavy atom. The van der Waals surface area contributed by atoms with Crippen molar-refractivity contribution in [2.75, 3.05) is 12.9 Å². The van der Waals surface area contributed by atoms with E-state index in [0.717, 1.165) is 18.4 Å². The summed E-state index contributed by atoms with van der Waals surface area (Å²) in [5.74, 6) is 0.153. The summed E-state index contributed by atoms with van der Waals surface area (Å²) in [4.78, 5) is 0.313. The summed E-state index contributed by atoms with van der Waals surface area (Å²) in [6.07, 6.45) is 2.36. The van der Waals surface area contributed by atoms with Gasteiger partial charge in [-0.05, 0) is 42.2 Å². The van der Waals surface area contributed by atoms with E-state index in [1.165, 1.54) is 0 Å². The van der Waals surface area contributed by atoms with Crippen LogP contribution in [-0.4, -0.2) is 32.5 Å². The van der Waals surface area contributed by atoms with Crippen LogP contribution in [0.5, 0.6) is 5.75 Å². The van der Waals surface area contributed by atoms with Crippen LogP contribution in [0.25, 0.3) is 0 Å². The van der Waals surface area contributed by atoms with Crippen molar-refractivity contribution in [2.24, 2.45) is 5.41 Å². The van der Waals surface area contributed by atoms with E-state index >= 15 is 0 Å². The fraction of sp³-hybridized carbons (Fsp3) is 0.478. The van der Waals surface area contributed by atoms with Crippen LogP contribution in [0.3, 0.4) is 0 Å². The second-order valence-electron chi connectivity index (χ2n) is 7.82. The first kappa shape index (κ1) is 20.9. The maximum absolute atomic E-state index is 13.4. The molecular weight excluding hydrogens is 372 g/mol. The van der Waals surface area contributed by atoms with Gasteiger partial charge in [-0.1, -0.05) is 57.0 Å². The Bertz CT molecular complexity index is 907. The first-order valence-corrected chi connectivity index (χ1v) is 11.7. The molecule has 1 heterocycles. The van der Waals surface area contributed by atoms with E-state index < -0.39 is 27.3 Å². The number of methoxy groups -OCH3 is 1. The molecule has 0 aliphatic carbocycles. The Hall–Kier alpha value is -1.85. The second-order valence-corrected chi connectivity index (χ2v) is 9.77. The van der Waals surface area contributed by atoms with E-state index in [0.29, 0.717) is 29.1 Å². The number of rotatable bonds is 6. The van der Waals surface area contributed by atoms with Crippen molar-refractivity contribution in [3.63, 3.8) is 0 Å². The predicted molar refractivity (Wildman–Crippen MR) is 112 cm³/mol. The first-order chi connectivity index (χ1) is 13.4. The zero-order valence-corrected chi connectivity index (χ0v) is 17.7. The Kier molecular flexibility index (Phi) is 6.15. The van der Waals surface area contributed by atoms with Gasteiger partial charge < -0.3 is 9.84 Å². The monoisotopic (exact) mass is 402 g/mol. The molecule has 1 aliphatic rings. The highest BCUT2D eigenvalue weighted by Crippen LogP contribution is 2.49. The van der Waals surface area contributed by atoms with E-state index in [1.807, 2.05) is 37.3 Å². The SMILES string of the molecule is CCCC[C@]1(CC)CS(=O)(=O)c2ccc(OC)cc2[C@@H](c2ccccc2)[C@H]1O. The number of hydrogen-bond donors (Lipinski definition) is 1. The number of benzene rings is 2. The molecule has 3 rings (SSSR count). The van der Waals surface area contributed by atoms with Crippen LogP contribution >= 0.6 is 0 Å². The van der Waals surface area contributed by atoms with E-state index in [-0.39, 0.29) is 5.75 Å². The average Bonchev–Trinajstić information content (AvgIpc) is 2.78. The summed E-state index contributed by atoms with van der Waals surface area (Å²) in [5.41, 5.74) is 0.877. The lowest BCUT2D eigenvalue weighted by Crippen LogP contribution is -2.42. The molecular formula is C23H30O4S. The van der Waals surface area contributed by atoms with Gasteiger partial charge >= 0.3 is 0 Å². The lowest BCUT2D eigenvalue weighted by Gasteiger charge is -2.39. The predicted octanol–water partition coefficient (Wildman–Crippen LogP) is 4.56. The number of ether oxygens (including phenoxy) is 1. The zero-order valence-electron chi connectivity index (χ0n) is 16.9. The molecule has 3 atom stereocenters. The van der Waals surface area contributed by atoms with Crippen molar-refractivity contribution in [1.82, 2.24) is 0 Å². The molecule has 0 radical (unpaired) electrons. The zero-order chi connectivity index (χ0) is 20.4. The number of aliphatic hydroxyl groups is 1. The van der Waals surface area contributed by atoms with Gasteiger partial charge in [0, 0.05) is 11.3 Å². The molecule has 0 unspecified atom stereocenters. The van der Waals surface area contributed by atoms with Crippen molar-refractivity contribution in [3.05, 3.63) is 59.7 Å². The van der Waals surface area contributed by atoms with Gasteiger partial charge in [-0.2, -0.15) is 0 Å². The number of fused-ring (bicyclic) bond motifs is 1. The fourth-order valence-corrected chi connectivity index (χ4v) is 6.76. The van der Waals surface area contributed by atoms with Crippen molar-refractivity contribution < 1.29 is 18.3 Å². The lowest BCUT2D eigenvalue weighted by molar-refractivity contribution is 0.0174. The minimum Gasteiger partial charge on any atom is -0.497 e. The minimum atomic E-state index is -3.54. The van der Waals surface area contributed by atoms with Crippen LogP contribution in [0.2, 0.25) is 0 Å². The standard InChI is InChI=1S/C23H30O4S/c1-4-6-14-23(5-2)16-28(25,26)20-13-12-18(27-3)15-19(20)21(22(23)24)17-10-8-7-9-11-17/h7-13,15,21-22,24H,4-6,14,16H2,1-3H3/t21-,22-,23-/m1/s1. The van der Waals surface area contributed by atoms with E-state index in [9.17, 15) is 13.5 Å². The van der Waals surface area contributed by atoms with Gasteiger partial charge in [0.25, 0.3) is 0 Å². The van der Waals surface area contributed by atoms with Gasteiger partial charge in [-0.3, -0.25) is 0 Å². The molecule has 28 heavy (non-hydrogen) atoms. The number of unbranched alkanes of at least 4 members (excludes halogenated alkanes) is 1. The van der Waals surface area contributed by atoms with Gasteiger partial charge in [0.1, 0.15) is 5.75 Å². The third-order valence-corrected chi connectivity index (χ3v) is 8.20. The summed E-state index contributed by atoms with van der Waals surface area (Å²) in [7, 11) is -1.98. The van der Waals surface area contributed by atoms with Crippen molar-refractivity contribution >= 4 is 9.84 Å². The maximum atomic E-state index is 13.4. The molecule has 0 amide bonds. The number of hydrogen-bond acceptors (Lipinski definition) is 4. The topological polar surface area (TPSA) is 63.6 Å². The molecule has 5 heteroatoms. The Labute approximate surface area is 168 Å². The average molecular weight is 403 g/mol. The lowest BCUT2D eigenvalue weighted by atomic mass is 9.69. The van der Waals surface area contributed by atoms with Crippen LogP contribution in [-0.2, 0) is 9.84 Å². The summed E-state index contributed by atoms with van der Waals surface area (Å²) >= 11 is 0. The van der Waals surface area contributed by atoms with Gasteiger partial charge in [0.15, 0.2) is 9.84 Å². The number of aliphatic hydroxyl groups excluding tert-OH is 1. The highest BCUT2D eigenvalue weighted by molar-refractivity contribution is 7.91. The van der Waals surface area contributed by atoms with Crippen LogP contribution < -0.4 is 4.74 Å². The maximum Gasteiger partial charge on any atom is 0.179 e. The quantitative estimate of drug-likeness (QED) is 0.769. The van der Waals surface area contributed by atoms with Crippen molar-refractivity contribution in [1.29, 1.82) is 0 Å². The van der Waals surface area contributed by atoms with E-state index in [4.69, 9.17) is 4.74 Å². The van der Waals surface area contributed by atoms with Crippen LogP contribution in [0.1, 0.15) is 56.6 Å². The summed E-state index contributed by atoms with van der Waals surface area (Å²) in [6, 6.07) is 14.8. The Morgan fingerprint density at radius 3 is 2.46 bits per heavy atom. The fourth-order valence-electron chi connectivity index (χ4n) is 4.50. The highest BCUT2D eigenvalue weighted by atomic mass is 32.2. The molecule has 0 spiro atoms. The van der Waals surface area contributed by atoms with E-state index in [2.05, 4.69) is 6.92 Å². The van der Waals surface area contributed by atoms with Gasteiger partial charge in [-0.15, -0.1) is 0 Å². The molecule has 0 aromatic heterocycles. The third-order valence-electron chi connectivity index (χ3n) is 6.20. The summed E-state index contributed by atoms with van der Waals surface area (Å²) in [6.45, 7) is 4.09. The van der Waals surface area contributed by atoms with E-state index in [1.54, 1.807) is 25.3 Å². The van der Waals surface area contributed by atoms with Gasteiger partial charge in [0.05, 0.1) is 23.9 Å².